The number of aromatic nitrogens is 4. The monoisotopic (exact) mass is 316 g/mol. The van der Waals surface area contributed by atoms with Crippen molar-refractivity contribution in [3.8, 4) is 0 Å². The second kappa shape index (κ2) is 5.61. The van der Waals surface area contributed by atoms with E-state index >= 15 is 0 Å². The van der Waals surface area contributed by atoms with E-state index in [4.69, 9.17) is 17.0 Å². The van der Waals surface area contributed by atoms with Gasteiger partial charge >= 0.3 is 0 Å². The summed E-state index contributed by atoms with van der Waals surface area (Å²) in [7, 11) is 0. The van der Waals surface area contributed by atoms with Crippen LogP contribution in [0.2, 0.25) is 5.02 Å². The molecule has 112 valence electrons. The number of nitrogens with zero attached hydrogens (tertiary/aromatic N) is 4. The Labute approximate surface area is 130 Å². The van der Waals surface area contributed by atoms with Gasteiger partial charge in [0.15, 0.2) is 11.1 Å². The lowest BCUT2D eigenvalue weighted by Gasteiger charge is -2.08. The van der Waals surface area contributed by atoms with E-state index in [0.717, 1.165) is 0 Å². The summed E-state index contributed by atoms with van der Waals surface area (Å²) in [6.45, 7) is 2.64. The highest BCUT2D eigenvalue weighted by Gasteiger charge is 2.09. The third-order valence-electron chi connectivity index (χ3n) is 3.19. The third-order valence-corrected chi connectivity index (χ3v) is 3.44. The zero-order valence-corrected chi connectivity index (χ0v) is 12.5. The summed E-state index contributed by atoms with van der Waals surface area (Å²) in [5.41, 5.74) is 3.65. The molecule has 0 unspecified atom stereocenters. The molecule has 2 aromatic heterocycles. The van der Waals surface area contributed by atoms with Crippen LogP contribution in [0.1, 0.15) is 17.3 Å². The summed E-state index contributed by atoms with van der Waals surface area (Å²) in [4.78, 5) is 16.3. The predicted octanol–water partition coefficient (Wildman–Crippen LogP) is 1.77. The van der Waals surface area contributed by atoms with E-state index in [1.807, 2.05) is 6.92 Å². The van der Waals surface area contributed by atoms with Gasteiger partial charge in [0.05, 0.1) is 5.39 Å². The van der Waals surface area contributed by atoms with Gasteiger partial charge in [0.2, 0.25) is 0 Å². The second-order valence-corrected chi connectivity index (χ2v) is 5.07. The number of amides is 1. The van der Waals surface area contributed by atoms with Crippen molar-refractivity contribution in [1.29, 1.82) is 5.41 Å². The van der Waals surface area contributed by atoms with Crippen LogP contribution in [0.5, 0.6) is 0 Å². The molecule has 1 amide bonds. The predicted molar refractivity (Wildman–Crippen MR) is 82.2 cm³/mol. The first-order valence-corrected chi connectivity index (χ1v) is 7.02. The molecule has 0 radical (unpaired) electrons. The summed E-state index contributed by atoms with van der Waals surface area (Å²) in [5.74, 6) is -0.348. The first kappa shape index (κ1) is 14.3. The molecule has 0 saturated carbocycles. The van der Waals surface area contributed by atoms with Crippen LogP contribution in [0.25, 0.3) is 11.0 Å². The maximum absolute atomic E-state index is 12.2. The number of aryl methyl sites for hydroxylation is 1. The van der Waals surface area contributed by atoms with Crippen LogP contribution in [-0.2, 0) is 6.54 Å². The number of benzene rings is 1. The highest BCUT2D eigenvalue weighted by atomic mass is 35.5. The second-order valence-electron chi connectivity index (χ2n) is 4.63. The van der Waals surface area contributed by atoms with Crippen LogP contribution in [0.15, 0.2) is 36.8 Å². The minimum Gasteiger partial charge on any atom is -0.282 e. The van der Waals surface area contributed by atoms with Crippen molar-refractivity contribution in [2.45, 2.75) is 13.5 Å². The van der Waals surface area contributed by atoms with E-state index in [0.29, 0.717) is 28.2 Å². The largest absolute Gasteiger partial charge is 0.282 e. The van der Waals surface area contributed by atoms with Gasteiger partial charge in [0.1, 0.15) is 6.33 Å². The van der Waals surface area contributed by atoms with Gasteiger partial charge in [-0.1, -0.05) is 11.6 Å². The van der Waals surface area contributed by atoms with Crippen molar-refractivity contribution in [3.05, 3.63) is 52.9 Å². The van der Waals surface area contributed by atoms with Gasteiger partial charge in [-0.15, -0.1) is 0 Å². The average molecular weight is 317 g/mol. The van der Waals surface area contributed by atoms with Crippen LogP contribution in [0.4, 0.5) is 0 Å². The van der Waals surface area contributed by atoms with Crippen LogP contribution in [0.3, 0.4) is 0 Å². The summed E-state index contributed by atoms with van der Waals surface area (Å²) < 4.78 is 2.96. The molecular weight excluding hydrogens is 304 g/mol. The number of rotatable bonds is 3. The fourth-order valence-electron chi connectivity index (χ4n) is 2.00. The number of carbonyl (C=O) groups is 1. The highest BCUT2D eigenvalue weighted by molar-refractivity contribution is 6.30. The third kappa shape index (κ3) is 2.58. The van der Waals surface area contributed by atoms with E-state index in [2.05, 4.69) is 15.5 Å². The Morgan fingerprint density at radius 1 is 1.36 bits per heavy atom. The summed E-state index contributed by atoms with van der Waals surface area (Å²) >= 11 is 5.80. The molecule has 2 N–H and O–H groups in total. The molecule has 0 aliphatic carbocycles. The topological polar surface area (TPSA) is 88.6 Å². The Hall–Kier alpha value is -2.67. The number of hydrogen-bond acceptors (Lipinski definition) is 4. The Morgan fingerprint density at radius 3 is 2.77 bits per heavy atom. The van der Waals surface area contributed by atoms with Crippen molar-refractivity contribution < 1.29 is 4.79 Å². The number of fused-ring (bicyclic) bond motifs is 1. The minimum absolute atomic E-state index is 0.118. The molecule has 3 rings (SSSR count). The average Bonchev–Trinajstić information content (AvgIpc) is 2.95. The van der Waals surface area contributed by atoms with Crippen molar-refractivity contribution in [1.82, 2.24) is 19.4 Å². The summed E-state index contributed by atoms with van der Waals surface area (Å²) in [6.07, 6.45) is 3.10. The maximum atomic E-state index is 12.2. The molecule has 22 heavy (non-hydrogen) atoms. The lowest BCUT2D eigenvalue weighted by Crippen LogP contribution is -2.33. The first-order valence-electron chi connectivity index (χ1n) is 6.65. The van der Waals surface area contributed by atoms with E-state index < -0.39 is 0 Å². The van der Waals surface area contributed by atoms with Gasteiger partial charge in [-0.2, -0.15) is 5.10 Å². The van der Waals surface area contributed by atoms with Gasteiger partial charge in [-0.3, -0.25) is 20.3 Å². The van der Waals surface area contributed by atoms with E-state index in [9.17, 15) is 4.79 Å². The standard InChI is InChI=1S/C14H13ClN6O/c1-2-20-7-11-12(16)21(8-17-13(11)18-20)19-14(22)9-3-5-10(15)6-4-9/h3-8,16H,2H2,1H3,(H,19,22). The molecule has 0 atom stereocenters. The fraction of sp³-hybridized carbons (Fsp3) is 0.143. The molecular formula is C14H13ClN6O. The fourth-order valence-corrected chi connectivity index (χ4v) is 2.12. The van der Waals surface area contributed by atoms with Gasteiger partial charge in [0, 0.05) is 23.3 Å². The Balaban J connectivity index is 1.93. The van der Waals surface area contributed by atoms with E-state index in [1.54, 1.807) is 35.1 Å². The molecule has 2 heterocycles. The Bertz CT molecular complexity index is 896. The minimum atomic E-state index is -0.348. The zero-order chi connectivity index (χ0) is 15.7. The number of halogens is 1. The van der Waals surface area contributed by atoms with Crippen molar-refractivity contribution in [2.24, 2.45) is 0 Å². The van der Waals surface area contributed by atoms with Crippen LogP contribution < -0.4 is 10.9 Å². The van der Waals surface area contributed by atoms with Gasteiger partial charge < -0.3 is 0 Å². The molecule has 3 aromatic rings. The molecule has 0 fully saturated rings. The molecule has 1 aromatic carbocycles. The summed E-state index contributed by atoms with van der Waals surface area (Å²) in [6, 6.07) is 6.50. The summed E-state index contributed by atoms with van der Waals surface area (Å²) in [5, 5.41) is 13.5. The van der Waals surface area contributed by atoms with Crippen LogP contribution in [0, 0.1) is 5.41 Å². The lowest BCUT2D eigenvalue weighted by atomic mass is 10.2. The molecule has 0 bridgehead atoms. The van der Waals surface area contributed by atoms with E-state index in [1.165, 1.54) is 11.0 Å². The molecule has 0 aliphatic heterocycles. The Morgan fingerprint density at radius 2 is 2.09 bits per heavy atom. The van der Waals surface area contributed by atoms with Crippen molar-refractivity contribution in [3.63, 3.8) is 0 Å². The smallest absolute Gasteiger partial charge is 0.270 e. The first-order chi connectivity index (χ1) is 10.6. The van der Waals surface area contributed by atoms with Crippen molar-refractivity contribution >= 4 is 28.5 Å². The van der Waals surface area contributed by atoms with Gasteiger partial charge in [-0.25, -0.2) is 9.66 Å². The van der Waals surface area contributed by atoms with Crippen LogP contribution in [-0.4, -0.2) is 25.3 Å². The number of nitrogens with one attached hydrogen (secondary N) is 2. The zero-order valence-electron chi connectivity index (χ0n) is 11.7. The Kier molecular flexibility index (Phi) is 3.64. The highest BCUT2D eigenvalue weighted by Crippen LogP contribution is 2.09. The number of hydrogen-bond donors (Lipinski definition) is 2. The van der Waals surface area contributed by atoms with E-state index in [-0.39, 0.29) is 11.4 Å². The normalized spacial score (nSPS) is 10.8. The maximum Gasteiger partial charge on any atom is 0.270 e. The number of carbonyl (C=O) groups excluding carboxylic acids is 1. The van der Waals surface area contributed by atoms with Gasteiger partial charge in [0.25, 0.3) is 5.91 Å². The quantitative estimate of drug-likeness (QED) is 0.771. The van der Waals surface area contributed by atoms with Crippen LogP contribution >= 0.6 is 11.6 Å². The molecule has 0 aliphatic rings. The molecule has 0 spiro atoms. The molecule has 7 nitrogen and oxygen atoms in total. The lowest BCUT2D eigenvalue weighted by molar-refractivity contribution is 0.101. The molecule has 0 saturated heterocycles. The SMILES string of the molecule is CCn1cc2c(=N)n(NC(=O)c3ccc(Cl)cc3)cnc2n1. The molecule has 8 heteroatoms. The van der Waals surface area contributed by atoms with Gasteiger partial charge in [-0.05, 0) is 31.2 Å². The van der Waals surface area contributed by atoms with Crippen molar-refractivity contribution in [2.75, 3.05) is 5.43 Å².